The van der Waals surface area contributed by atoms with Crippen LogP contribution in [0.4, 0.5) is 0 Å². The molecule has 0 amide bonds. The molecule has 10 heteroatoms. The number of aliphatic hydroxyl groups is 2. The fourth-order valence-corrected chi connectivity index (χ4v) is 4.02. The third-order valence-corrected chi connectivity index (χ3v) is 5.52. The van der Waals surface area contributed by atoms with E-state index in [-0.39, 0.29) is 53.9 Å². The predicted molar refractivity (Wildman–Crippen MR) is 129 cm³/mol. The summed E-state index contributed by atoms with van der Waals surface area (Å²) in [5.74, 6) is 2.87. The van der Waals surface area contributed by atoms with Gasteiger partial charge in [-0.1, -0.05) is 52.3 Å². The highest BCUT2D eigenvalue weighted by atomic mass is 35.5. The third-order valence-electron chi connectivity index (χ3n) is 4.04. The lowest BCUT2D eigenvalue weighted by atomic mass is 10.0. The van der Waals surface area contributed by atoms with Crippen LogP contribution in [0.1, 0.15) is 11.1 Å². The van der Waals surface area contributed by atoms with E-state index >= 15 is 0 Å². The number of terminal acetylenes is 1. The van der Waals surface area contributed by atoms with E-state index in [0.717, 1.165) is 11.1 Å². The standard InChI is InChI=1S/C22H21Cl5O5/c1-2-3-30-10-16(29)12-32-22-19(26)7-14(8-20(22)27)4-13-5-17(24)21(18(25)6-13)31-11-15(28)9-23/h1,5-8,15-16,28-29H,3-4,9-12H2/t15-,16-/m1/s1. The van der Waals surface area contributed by atoms with Gasteiger partial charge in [-0.3, -0.25) is 0 Å². The normalized spacial score (nSPS) is 12.8. The molecule has 0 unspecified atom stereocenters. The largest absolute Gasteiger partial charge is 0.488 e. The topological polar surface area (TPSA) is 68.2 Å². The molecule has 0 fully saturated rings. The van der Waals surface area contributed by atoms with Crippen LogP contribution in [0.3, 0.4) is 0 Å². The van der Waals surface area contributed by atoms with Gasteiger partial charge in [0.15, 0.2) is 11.5 Å². The van der Waals surface area contributed by atoms with Crippen LogP contribution < -0.4 is 9.47 Å². The Balaban J connectivity index is 2.06. The Hall–Kier alpha value is -1.07. The van der Waals surface area contributed by atoms with Crippen LogP contribution in [0.15, 0.2) is 24.3 Å². The van der Waals surface area contributed by atoms with E-state index in [4.69, 9.17) is 78.6 Å². The van der Waals surface area contributed by atoms with Gasteiger partial charge in [-0.2, -0.15) is 0 Å². The van der Waals surface area contributed by atoms with Crippen molar-refractivity contribution in [2.45, 2.75) is 18.6 Å². The van der Waals surface area contributed by atoms with Crippen molar-refractivity contribution in [3.05, 3.63) is 55.5 Å². The van der Waals surface area contributed by atoms with Crippen molar-refractivity contribution in [2.24, 2.45) is 0 Å². The van der Waals surface area contributed by atoms with Crippen LogP contribution in [-0.2, 0) is 11.2 Å². The molecule has 0 spiro atoms. The number of rotatable bonds is 12. The van der Waals surface area contributed by atoms with E-state index in [1.54, 1.807) is 24.3 Å². The van der Waals surface area contributed by atoms with E-state index < -0.39 is 12.2 Å². The quantitative estimate of drug-likeness (QED) is 0.218. The monoisotopic (exact) mass is 540 g/mol. The lowest BCUT2D eigenvalue weighted by Gasteiger charge is -2.16. The molecule has 0 bridgehead atoms. The molecule has 32 heavy (non-hydrogen) atoms. The van der Waals surface area contributed by atoms with Gasteiger partial charge in [-0.25, -0.2) is 0 Å². The van der Waals surface area contributed by atoms with Crippen molar-refractivity contribution in [1.29, 1.82) is 0 Å². The van der Waals surface area contributed by atoms with Gasteiger partial charge in [-0.05, 0) is 41.8 Å². The number of hydrogen-bond donors (Lipinski definition) is 2. The molecule has 2 rings (SSSR count). The number of alkyl halides is 1. The molecule has 0 aliphatic heterocycles. The minimum Gasteiger partial charge on any atom is -0.488 e. The Morgan fingerprint density at radius 1 is 0.781 bits per heavy atom. The highest BCUT2D eigenvalue weighted by Gasteiger charge is 2.15. The number of halogens is 5. The van der Waals surface area contributed by atoms with Gasteiger partial charge in [0.2, 0.25) is 0 Å². The zero-order chi connectivity index (χ0) is 23.7. The average Bonchev–Trinajstić information content (AvgIpc) is 2.72. The van der Waals surface area contributed by atoms with Crippen molar-refractivity contribution in [2.75, 3.05) is 32.3 Å². The number of aliphatic hydroxyl groups excluding tert-OH is 2. The second-order valence-corrected chi connectivity index (χ2v) is 8.69. The Morgan fingerprint density at radius 3 is 1.62 bits per heavy atom. The molecule has 2 aromatic carbocycles. The van der Waals surface area contributed by atoms with Crippen molar-refractivity contribution >= 4 is 58.0 Å². The molecule has 0 saturated heterocycles. The van der Waals surface area contributed by atoms with E-state index in [9.17, 15) is 10.2 Å². The highest BCUT2D eigenvalue weighted by Crippen LogP contribution is 2.37. The molecule has 174 valence electrons. The molecule has 0 aliphatic carbocycles. The molecule has 0 heterocycles. The molecule has 0 radical (unpaired) electrons. The fraction of sp³-hybridized carbons (Fsp3) is 0.364. The Bertz CT molecular complexity index is 901. The van der Waals surface area contributed by atoms with Crippen LogP contribution >= 0.6 is 58.0 Å². The third kappa shape index (κ3) is 8.37. The maximum atomic E-state index is 9.86. The fourth-order valence-electron chi connectivity index (χ4n) is 2.65. The molecule has 0 aliphatic rings. The van der Waals surface area contributed by atoms with Crippen molar-refractivity contribution in [3.63, 3.8) is 0 Å². The van der Waals surface area contributed by atoms with E-state index in [0.29, 0.717) is 16.5 Å². The van der Waals surface area contributed by atoms with Crippen molar-refractivity contribution < 1.29 is 24.4 Å². The SMILES string of the molecule is C#CCOC[C@@H](O)COc1c(Cl)cc(Cc2cc(Cl)c(OC[C@H](O)CCl)c(Cl)c2)cc1Cl. The smallest absolute Gasteiger partial charge is 0.156 e. The molecule has 5 nitrogen and oxygen atoms in total. The first kappa shape index (κ1) is 27.2. The second-order valence-electron chi connectivity index (χ2n) is 6.76. The van der Waals surface area contributed by atoms with Gasteiger partial charge < -0.3 is 24.4 Å². The van der Waals surface area contributed by atoms with E-state index in [1.807, 2.05) is 0 Å². The summed E-state index contributed by atoms with van der Waals surface area (Å²) >= 11 is 30.8. The average molecular weight is 543 g/mol. The first-order valence-electron chi connectivity index (χ1n) is 9.39. The Morgan fingerprint density at radius 2 is 1.22 bits per heavy atom. The minimum absolute atomic E-state index is 0.0281. The molecular formula is C22H21Cl5O5. The lowest BCUT2D eigenvalue weighted by Crippen LogP contribution is -2.23. The first-order chi connectivity index (χ1) is 15.2. The summed E-state index contributed by atoms with van der Waals surface area (Å²) in [5.41, 5.74) is 1.59. The maximum absolute atomic E-state index is 9.86. The van der Waals surface area contributed by atoms with E-state index in [2.05, 4.69) is 5.92 Å². The van der Waals surface area contributed by atoms with Crippen molar-refractivity contribution in [1.82, 2.24) is 0 Å². The van der Waals surface area contributed by atoms with Gasteiger partial charge in [0, 0.05) is 0 Å². The van der Waals surface area contributed by atoms with Gasteiger partial charge in [0.25, 0.3) is 0 Å². The summed E-state index contributed by atoms with van der Waals surface area (Å²) in [6, 6.07) is 6.81. The van der Waals surface area contributed by atoms with Crippen molar-refractivity contribution in [3.8, 4) is 23.8 Å². The summed E-state index contributed by atoms with van der Waals surface area (Å²) in [4.78, 5) is 0. The Kier molecular flexibility index (Phi) is 11.5. The molecule has 2 aromatic rings. The zero-order valence-corrected chi connectivity index (χ0v) is 20.6. The lowest BCUT2D eigenvalue weighted by molar-refractivity contribution is 0.0229. The zero-order valence-electron chi connectivity index (χ0n) is 16.8. The maximum Gasteiger partial charge on any atom is 0.156 e. The first-order valence-corrected chi connectivity index (χ1v) is 11.4. The van der Waals surface area contributed by atoms with Gasteiger partial charge >= 0.3 is 0 Å². The van der Waals surface area contributed by atoms with Gasteiger partial charge in [-0.15, -0.1) is 18.0 Å². The van der Waals surface area contributed by atoms with Gasteiger partial charge in [0.1, 0.15) is 32.0 Å². The molecule has 2 atom stereocenters. The Labute approximate surface area is 212 Å². The summed E-state index contributed by atoms with van der Waals surface area (Å²) in [5, 5.41) is 20.6. The molecular weight excluding hydrogens is 522 g/mol. The summed E-state index contributed by atoms with van der Waals surface area (Å²) in [7, 11) is 0. The van der Waals surface area contributed by atoms with Gasteiger partial charge in [0.05, 0.1) is 32.6 Å². The highest BCUT2D eigenvalue weighted by molar-refractivity contribution is 6.38. The van der Waals surface area contributed by atoms with Crippen LogP contribution in [0.25, 0.3) is 0 Å². The van der Waals surface area contributed by atoms with Crippen LogP contribution in [0, 0.1) is 12.3 Å². The summed E-state index contributed by atoms with van der Waals surface area (Å²) in [6.07, 6.45) is 3.81. The van der Waals surface area contributed by atoms with Crippen LogP contribution in [0.5, 0.6) is 11.5 Å². The molecule has 0 aromatic heterocycles. The predicted octanol–water partition coefficient (Wildman–Crippen LogP) is 5.26. The van der Waals surface area contributed by atoms with E-state index in [1.165, 1.54) is 0 Å². The molecule has 2 N–H and O–H groups in total. The number of ether oxygens (including phenoxy) is 3. The minimum atomic E-state index is -0.884. The summed E-state index contributed by atoms with van der Waals surface area (Å²) < 4.78 is 16.1. The second kappa shape index (κ2) is 13.6. The number of benzene rings is 2. The van der Waals surface area contributed by atoms with Crippen LogP contribution in [-0.4, -0.2) is 54.7 Å². The number of hydrogen-bond acceptors (Lipinski definition) is 5. The van der Waals surface area contributed by atoms with Crippen LogP contribution in [0.2, 0.25) is 20.1 Å². The summed E-state index contributed by atoms with van der Waals surface area (Å²) in [6.45, 7) is 0.0432. The molecule has 0 saturated carbocycles.